The molecule has 0 saturated heterocycles. The molecule has 0 aliphatic carbocycles. The van der Waals surface area contributed by atoms with E-state index >= 15 is 0 Å². The maximum absolute atomic E-state index is 13.4. The van der Waals surface area contributed by atoms with E-state index in [1.807, 2.05) is 19.1 Å². The third-order valence-corrected chi connectivity index (χ3v) is 5.03. The molecule has 3 aromatic rings. The molecule has 0 bridgehead atoms. The number of ether oxygens (including phenoxy) is 2. The summed E-state index contributed by atoms with van der Waals surface area (Å²) in [6, 6.07) is 5.42. The average Bonchev–Trinajstić information content (AvgIpc) is 2.95. The van der Waals surface area contributed by atoms with Crippen molar-refractivity contribution in [2.45, 2.75) is 66.2 Å². The van der Waals surface area contributed by atoms with Gasteiger partial charge in [-0.2, -0.15) is 0 Å². The number of hydrogen-bond donors (Lipinski definition) is 0. The smallest absolute Gasteiger partial charge is 0.419 e. The predicted molar refractivity (Wildman–Crippen MR) is 126 cm³/mol. The van der Waals surface area contributed by atoms with Crippen molar-refractivity contribution in [3.63, 3.8) is 0 Å². The molecule has 0 aliphatic heterocycles. The number of carbonyl (C=O) groups excluding carboxylic acids is 3. The van der Waals surface area contributed by atoms with Crippen LogP contribution in [0.25, 0.3) is 21.7 Å². The lowest BCUT2D eigenvalue weighted by Crippen LogP contribution is -2.37. The Bertz CT molecular complexity index is 1250. The third-order valence-electron chi connectivity index (χ3n) is 4.82. The van der Waals surface area contributed by atoms with E-state index in [0.29, 0.717) is 23.0 Å². The Morgan fingerprint density at radius 1 is 1.09 bits per heavy atom. The molecular weight excluding hydrogens is 446 g/mol. The van der Waals surface area contributed by atoms with Crippen LogP contribution in [0.4, 0.5) is 9.59 Å². The quantitative estimate of drug-likeness (QED) is 0.351. The fourth-order valence-electron chi connectivity index (χ4n) is 3.50. The van der Waals surface area contributed by atoms with E-state index in [1.165, 1.54) is 4.57 Å². The Balaban J connectivity index is 2.26. The number of imide groups is 1. The molecule has 1 aromatic carbocycles. The Morgan fingerprint density at radius 2 is 1.73 bits per heavy atom. The number of fused-ring (bicyclic) bond motifs is 3. The molecule has 0 fully saturated rings. The molecule has 0 saturated carbocycles. The zero-order valence-corrected chi connectivity index (χ0v) is 20.6. The standard InChI is InChI=1S/C24H28ClN3O5/c1-14-16-9-8-15-11-26-19(25)10-17(15)20(16)28(22(31)33-24(5,6)7)18(14)12-27(13-29)21(30)32-23(2,3)4/h8-11,13H,12H2,1-7H3. The molecule has 0 unspecified atom stereocenters. The van der Waals surface area contributed by atoms with Crippen molar-refractivity contribution in [1.29, 1.82) is 0 Å². The van der Waals surface area contributed by atoms with Gasteiger partial charge in [-0.25, -0.2) is 24.0 Å². The van der Waals surface area contributed by atoms with Gasteiger partial charge in [0.2, 0.25) is 6.41 Å². The molecule has 33 heavy (non-hydrogen) atoms. The van der Waals surface area contributed by atoms with E-state index in [-0.39, 0.29) is 11.7 Å². The van der Waals surface area contributed by atoms with Gasteiger partial charge in [0.15, 0.2) is 0 Å². The van der Waals surface area contributed by atoms with E-state index in [9.17, 15) is 14.4 Å². The largest absolute Gasteiger partial charge is 0.443 e. The van der Waals surface area contributed by atoms with Crippen LogP contribution in [-0.2, 0) is 20.8 Å². The fraction of sp³-hybridized carbons (Fsp3) is 0.417. The summed E-state index contributed by atoms with van der Waals surface area (Å²) in [5.74, 6) is 0. The maximum Gasteiger partial charge on any atom is 0.419 e. The highest BCUT2D eigenvalue weighted by molar-refractivity contribution is 6.30. The van der Waals surface area contributed by atoms with Gasteiger partial charge in [0, 0.05) is 22.4 Å². The number of nitrogens with zero attached hydrogens (tertiary/aromatic N) is 3. The minimum absolute atomic E-state index is 0.182. The van der Waals surface area contributed by atoms with Gasteiger partial charge in [0.25, 0.3) is 0 Å². The molecule has 0 atom stereocenters. The molecule has 9 heteroatoms. The number of aryl methyl sites for hydroxylation is 1. The number of benzene rings is 1. The Labute approximate surface area is 197 Å². The van der Waals surface area contributed by atoms with Crippen molar-refractivity contribution in [1.82, 2.24) is 14.5 Å². The van der Waals surface area contributed by atoms with Gasteiger partial charge in [-0.15, -0.1) is 0 Å². The highest BCUT2D eigenvalue weighted by atomic mass is 35.5. The molecule has 8 nitrogen and oxygen atoms in total. The van der Waals surface area contributed by atoms with Gasteiger partial charge in [0.1, 0.15) is 16.4 Å². The first-order valence-corrected chi connectivity index (χ1v) is 10.9. The summed E-state index contributed by atoms with van der Waals surface area (Å²) >= 11 is 6.16. The van der Waals surface area contributed by atoms with Crippen LogP contribution in [-0.4, -0.2) is 44.2 Å². The first kappa shape index (κ1) is 24.5. The first-order chi connectivity index (χ1) is 15.2. The summed E-state index contributed by atoms with van der Waals surface area (Å²) in [6.07, 6.45) is 0.571. The normalized spacial score (nSPS) is 12.1. The van der Waals surface area contributed by atoms with E-state index in [1.54, 1.807) is 53.8 Å². The van der Waals surface area contributed by atoms with Crippen molar-refractivity contribution in [2.24, 2.45) is 0 Å². The molecule has 0 aliphatic rings. The Morgan fingerprint density at radius 3 is 2.30 bits per heavy atom. The van der Waals surface area contributed by atoms with Crippen LogP contribution in [0.5, 0.6) is 0 Å². The van der Waals surface area contributed by atoms with E-state index in [4.69, 9.17) is 21.1 Å². The van der Waals surface area contributed by atoms with Gasteiger partial charge in [0.05, 0.1) is 17.8 Å². The first-order valence-electron chi connectivity index (χ1n) is 10.5. The van der Waals surface area contributed by atoms with Crippen LogP contribution in [0.15, 0.2) is 24.4 Å². The second-order valence-corrected chi connectivity index (χ2v) is 10.2. The summed E-state index contributed by atoms with van der Waals surface area (Å²) in [6.45, 7) is 12.1. The molecule has 0 radical (unpaired) electrons. The summed E-state index contributed by atoms with van der Waals surface area (Å²) < 4.78 is 12.4. The third kappa shape index (κ3) is 5.27. The van der Waals surface area contributed by atoms with Crippen molar-refractivity contribution < 1.29 is 23.9 Å². The molecule has 2 aromatic heterocycles. The van der Waals surface area contributed by atoms with Crippen LogP contribution in [0.3, 0.4) is 0 Å². The molecule has 176 valence electrons. The van der Waals surface area contributed by atoms with Crippen LogP contribution in [0.2, 0.25) is 5.15 Å². The number of amides is 2. The van der Waals surface area contributed by atoms with E-state index in [0.717, 1.165) is 21.2 Å². The number of rotatable bonds is 3. The van der Waals surface area contributed by atoms with Crippen molar-refractivity contribution >= 4 is 51.9 Å². The number of carbonyl (C=O) groups is 3. The second kappa shape index (κ2) is 8.67. The van der Waals surface area contributed by atoms with Gasteiger partial charge in [-0.3, -0.25) is 4.79 Å². The SMILES string of the molecule is Cc1c(CN(C=O)C(=O)OC(C)(C)C)n(C(=O)OC(C)(C)C)c2c1ccc1cnc(Cl)cc12. The topological polar surface area (TPSA) is 90.7 Å². The summed E-state index contributed by atoms with van der Waals surface area (Å²) in [7, 11) is 0. The number of pyridine rings is 1. The minimum atomic E-state index is -0.810. The maximum atomic E-state index is 13.4. The molecule has 0 spiro atoms. The van der Waals surface area contributed by atoms with Crippen molar-refractivity contribution in [3.8, 4) is 0 Å². The van der Waals surface area contributed by atoms with Gasteiger partial charge >= 0.3 is 12.2 Å². The van der Waals surface area contributed by atoms with Gasteiger partial charge in [-0.1, -0.05) is 23.7 Å². The highest BCUT2D eigenvalue weighted by Crippen LogP contribution is 2.34. The van der Waals surface area contributed by atoms with Crippen molar-refractivity contribution in [2.75, 3.05) is 0 Å². The van der Waals surface area contributed by atoms with Gasteiger partial charge in [-0.05, 0) is 60.1 Å². The van der Waals surface area contributed by atoms with E-state index in [2.05, 4.69) is 4.98 Å². The summed E-state index contributed by atoms with van der Waals surface area (Å²) in [4.78, 5) is 42.8. The van der Waals surface area contributed by atoms with Gasteiger partial charge < -0.3 is 9.47 Å². The predicted octanol–water partition coefficient (Wildman–Crippen LogP) is 5.83. The monoisotopic (exact) mass is 473 g/mol. The molecule has 0 N–H and O–H groups in total. The van der Waals surface area contributed by atoms with Crippen molar-refractivity contribution in [3.05, 3.63) is 40.8 Å². The zero-order valence-electron chi connectivity index (χ0n) is 19.9. The lowest BCUT2D eigenvalue weighted by atomic mass is 10.1. The molecule has 2 heterocycles. The van der Waals surface area contributed by atoms with Crippen LogP contribution in [0, 0.1) is 6.92 Å². The number of hydrogen-bond acceptors (Lipinski definition) is 6. The molecule has 3 rings (SSSR count). The van der Waals surface area contributed by atoms with Crippen LogP contribution < -0.4 is 0 Å². The zero-order chi connectivity index (χ0) is 24.7. The van der Waals surface area contributed by atoms with E-state index < -0.39 is 23.4 Å². The highest BCUT2D eigenvalue weighted by Gasteiger charge is 2.29. The average molecular weight is 474 g/mol. The minimum Gasteiger partial charge on any atom is -0.443 e. The fourth-order valence-corrected chi connectivity index (χ4v) is 3.66. The van der Waals surface area contributed by atoms with Crippen LogP contribution in [0.1, 0.15) is 52.8 Å². The summed E-state index contributed by atoms with van der Waals surface area (Å²) in [5, 5.41) is 2.51. The summed E-state index contributed by atoms with van der Waals surface area (Å²) in [5.41, 5.74) is 0.163. The molecule has 2 amide bonds. The Hall–Kier alpha value is -3.13. The number of halogens is 1. The Kier molecular flexibility index (Phi) is 6.44. The number of aromatic nitrogens is 2. The van der Waals surface area contributed by atoms with Crippen LogP contribution >= 0.6 is 11.6 Å². The lowest BCUT2D eigenvalue weighted by Gasteiger charge is -2.25. The lowest BCUT2D eigenvalue weighted by molar-refractivity contribution is -0.118. The second-order valence-electron chi connectivity index (χ2n) is 9.79. The molecular formula is C24H28ClN3O5.